The van der Waals surface area contributed by atoms with Crippen molar-refractivity contribution in [3.05, 3.63) is 70.9 Å². The molecular weight excluding hydrogens is 494 g/mol. The Labute approximate surface area is 208 Å². The molecule has 1 N–H and O–H groups in total. The number of anilines is 2. The first-order valence-electron chi connectivity index (χ1n) is 11.3. The van der Waals surface area contributed by atoms with E-state index >= 15 is 0 Å². The Hall–Kier alpha value is -3.73. The molecule has 1 fully saturated rings. The number of fused-ring (bicyclic) bond motifs is 1. The van der Waals surface area contributed by atoms with Crippen LogP contribution in [0.4, 0.5) is 33.9 Å². The lowest BCUT2D eigenvalue weighted by Crippen LogP contribution is -2.38. The van der Waals surface area contributed by atoms with Crippen LogP contribution >= 0.6 is 11.3 Å². The monoisotopic (exact) mass is 515 g/mol. The Kier molecular flexibility index (Phi) is 6.48. The number of thiophene rings is 1. The minimum absolute atomic E-state index is 0.234. The van der Waals surface area contributed by atoms with Crippen molar-refractivity contribution in [1.82, 2.24) is 14.9 Å². The van der Waals surface area contributed by atoms with E-state index in [4.69, 9.17) is 0 Å². The van der Waals surface area contributed by atoms with Gasteiger partial charge in [0.2, 0.25) is 0 Å². The van der Waals surface area contributed by atoms with Crippen LogP contribution in [0.5, 0.6) is 0 Å². The third-order valence-electron chi connectivity index (χ3n) is 5.99. The third kappa shape index (κ3) is 4.97. The van der Waals surface area contributed by atoms with E-state index in [2.05, 4.69) is 15.3 Å². The number of nitrogens with zero attached hydrogens (tertiary/aromatic N) is 4. The first-order chi connectivity index (χ1) is 17.3. The van der Waals surface area contributed by atoms with Crippen LogP contribution in [0.3, 0.4) is 0 Å². The Balaban J connectivity index is 1.42. The van der Waals surface area contributed by atoms with Gasteiger partial charge in [-0.05, 0) is 59.1 Å². The Bertz CT molecular complexity index is 1390. The van der Waals surface area contributed by atoms with E-state index in [1.165, 1.54) is 35.6 Å². The van der Waals surface area contributed by atoms with E-state index in [9.17, 15) is 22.4 Å². The highest BCUT2D eigenvalue weighted by Gasteiger charge is 2.33. The highest BCUT2D eigenvalue weighted by Crippen LogP contribution is 2.36. The molecule has 3 aromatic heterocycles. The fourth-order valence-corrected chi connectivity index (χ4v) is 4.90. The third-order valence-corrected chi connectivity index (χ3v) is 6.67. The van der Waals surface area contributed by atoms with Crippen LogP contribution < -0.4 is 10.2 Å². The van der Waals surface area contributed by atoms with Crippen molar-refractivity contribution in [2.24, 2.45) is 0 Å². The molecule has 5 rings (SSSR count). The molecule has 4 aromatic rings. The molecule has 2 amide bonds. The van der Waals surface area contributed by atoms with Gasteiger partial charge in [-0.15, -0.1) is 0 Å². The van der Waals surface area contributed by atoms with Gasteiger partial charge >= 0.3 is 12.2 Å². The summed E-state index contributed by atoms with van der Waals surface area (Å²) >= 11 is 1.44. The maximum absolute atomic E-state index is 13.5. The van der Waals surface area contributed by atoms with Gasteiger partial charge in [-0.3, -0.25) is 0 Å². The topological polar surface area (TPSA) is 61.4 Å². The smallest absolute Gasteiger partial charge is 0.354 e. The number of urea groups is 1. The lowest BCUT2D eigenvalue weighted by atomic mass is 10.1. The van der Waals surface area contributed by atoms with Gasteiger partial charge < -0.3 is 15.1 Å². The van der Waals surface area contributed by atoms with Crippen LogP contribution in [0.1, 0.15) is 12.1 Å². The number of benzene rings is 1. The summed E-state index contributed by atoms with van der Waals surface area (Å²) in [5, 5.41) is 6.92. The van der Waals surface area contributed by atoms with Crippen LogP contribution in [-0.4, -0.2) is 47.1 Å². The van der Waals surface area contributed by atoms with Crippen LogP contribution in [0, 0.1) is 5.82 Å². The molecule has 1 saturated heterocycles. The van der Waals surface area contributed by atoms with Crippen molar-refractivity contribution in [2.45, 2.75) is 12.6 Å². The quantitative estimate of drug-likeness (QED) is 0.327. The summed E-state index contributed by atoms with van der Waals surface area (Å²) in [6, 6.07) is 9.54. The molecule has 6 nitrogen and oxygen atoms in total. The number of amides is 2. The molecule has 1 aliphatic heterocycles. The zero-order valence-electron chi connectivity index (χ0n) is 18.9. The first kappa shape index (κ1) is 24.0. The number of nitrogens with one attached hydrogen (secondary N) is 1. The molecule has 0 radical (unpaired) electrons. The summed E-state index contributed by atoms with van der Waals surface area (Å²) < 4.78 is 53.8. The molecule has 1 aromatic carbocycles. The van der Waals surface area contributed by atoms with Crippen molar-refractivity contribution in [2.75, 3.05) is 36.4 Å². The molecule has 186 valence electrons. The number of alkyl halides is 3. The van der Waals surface area contributed by atoms with Crippen LogP contribution in [-0.2, 0) is 6.18 Å². The summed E-state index contributed by atoms with van der Waals surface area (Å²) in [6.07, 6.45) is -2.38. The number of carbonyl (C=O) groups excluding carboxylic acids is 1. The van der Waals surface area contributed by atoms with E-state index in [-0.39, 0.29) is 11.5 Å². The molecule has 11 heteroatoms. The normalized spacial score (nSPS) is 14.7. The van der Waals surface area contributed by atoms with Crippen molar-refractivity contribution in [1.29, 1.82) is 0 Å². The van der Waals surface area contributed by atoms with Gasteiger partial charge in [0.25, 0.3) is 0 Å². The SMILES string of the molecule is O=C(Nc1cccc(F)c1)N1CCCN(c2ncc(-c3ccsc3)c3nc(C(F)(F)F)ccc23)CC1. The Morgan fingerprint density at radius 3 is 2.67 bits per heavy atom. The summed E-state index contributed by atoms with van der Waals surface area (Å²) in [7, 11) is 0. The van der Waals surface area contributed by atoms with Crippen molar-refractivity contribution >= 4 is 39.8 Å². The van der Waals surface area contributed by atoms with E-state index < -0.39 is 17.7 Å². The van der Waals surface area contributed by atoms with E-state index in [1.54, 1.807) is 17.2 Å². The van der Waals surface area contributed by atoms with Gasteiger partial charge in [-0.2, -0.15) is 24.5 Å². The number of carbonyl (C=O) groups is 1. The predicted molar refractivity (Wildman–Crippen MR) is 132 cm³/mol. The molecular formula is C25H21F4N5OS. The number of aromatic nitrogens is 2. The van der Waals surface area contributed by atoms with Crippen molar-refractivity contribution < 1.29 is 22.4 Å². The minimum Gasteiger partial charge on any atom is -0.354 e. The lowest BCUT2D eigenvalue weighted by Gasteiger charge is -2.24. The number of halogens is 4. The highest BCUT2D eigenvalue weighted by molar-refractivity contribution is 7.08. The van der Waals surface area contributed by atoms with Gasteiger partial charge in [-0.25, -0.2) is 19.2 Å². The second kappa shape index (κ2) is 9.73. The van der Waals surface area contributed by atoms with E-state index in [0.29, 0.717) is 55.1 Å². The number of rotatable bonds is 3. The maximum Gasteiger partial charge on any atom is 0.433 e. The minimum atomic E-state index is -4.57. The fraction of sp³-hybridized carbons (Fsp3) is 0.240. The van der Waals surface area contributed by atoms with E-state index in [0.717, 1.165) is 11.6 Å². The van der Waals surface area contributed by atoms with Gasteiger partial charge in [0.15, 0.2) is 0 Å². The molecule has 0 unspecified atom stereocenters. The number of hydrogen-bond donors (Lipinski definition) is 1. The van der Waals surface area contributed by atoms with Gasteiger partial charge in [0, 0.05) is 49.0 Å². The zero-order valence-corrected chi connectivity index (χ0v) is 19.7. The van der Waals surface area contributed by atoms with Gasteiger partial charge in [0.1, 0.15) is 17.3 Å². The molecule has 0 bridgehead atoms. The average Bonchev–Trinajstić information content (AvgIpc) is 3.26. The summed E-state index contributed by atoms with van der Waals surface area (Å²) in [5.74, 6) is 0.0820. The number of hydrogen-bond acceptors (Lipinski definition) is 5. The van der Waals surface area contributed by atoms with Crippen LogP contribution in [0.25, 0.3) is 22.0 Å². The summed E-state index contributed by atoms with van der Waals surface area (Å²) in [5.41, 5.74) is 0.932. The highest BCUT2D eigenvalue weighted by atomic mass is 32.1. The first-order valence-corrected chi connectivity index (χ1v) is 12.2. The largest absolute Gasteiger partial charge is 0.433 e. The second-order valence-electron chi connectivity index (χ2n) is 8.37. The van der Waals surface area contributed by atoms with Crippen LogP contribution in [0.2, 0.25) is 0 Å². The fourth-order valence-electron chi connectivity index (χ4n) is 4.24. The molecule has 36 heavy (non-hydrogen) atoms. The summed E-state index contributed by atoms with van der Waals surface area (Å²) in [4.78, 5) is 24.9. The van der Waals surface area contributed by atoms with E-state index in [1.807, 2.05) is 21.7 Å². The van der Waals surface area contributed by atoms with Crippen molar-refractivity contribution in [3.63, 3.8) is 0 Å². The average molecular weight is 516 g/mol. The molecule has 0 atom stereocenters. The molecule has 0 saturated carbocycles. The molecule has 1 aliphatic rings. The van der Waals surface area contributed by atoms with Gasteiger partial charge in [-0.1, -0.05) is 6.07 Å². The molecule has 0 spiro atoms. The maximum atomic E-state index is 13.5. The standard InChI is InChI=1S/C25H21F4N5OS/c26-17-3-1-4-18(13-17)31-24(35)34-9-2-8-33(10-11-34)23-19-5-6-21(25(27,28)29)32-22(19)20(14-30-23)16-7-12-36-15-16/h1,3-7,12-15H,2,8-11H2,(H,31,35). The Morgan fingerprint density at radius 1 is 1.06 bits per heavy atom. The molecule has 4 heterocycles. The van der Waals surface area contributed by atoms with Crippen LogP contribution in [0.15, 0.2) is 59.4 Å². The summed E-state index contributed by atoms with van der Waals surface area (Å²) in [6.45, 7) is 1.83. The Morgan fingerprint density at radius 2 is 1.92 bits per heavy atom. The predicted octanol–water partition coefficient (Wildman–Crippen LogP) is 6.26. The zero-order chi connectivity index (χ0) is 25.3. The lowest BCUT2D eigenvalue weighted by molar-refractivity contribution is -0.140. The second-order valence-corrected chi connectivity index (χ2v) is 9.15. The molecule has 0 aliphatic carbocycles. The van der Waals surface area contributed by atoms with Crippen molar-refractivity contribution in [3.8, 4) is 11.1 Å². The van der Waals surface area contributed by atoms with Gasteiger partial charge in [0.05, 0.1) is 5.52 Å². The number of pyridine rings is 2.